The number of amides is 1. The van der Waals surface area contributed by atoms with Gasteiger partial charge in [-0.2, -0.15) is 0 Å². The van der Waals surface area contributed by atoms with E-state index in [9.17, 15) is 9.59 Å². The van der Waals surface area contributed by atoms with Crippen LogP contribution >= 0.6 is 0 Å². The second kappa shape index (κ2) is 8.04. The van der Waals surface area contributed by atoms with E-state index in [-0.39, 0.29) is 18.5 Å². The number of ether oxygens (including phenoxy) is 2. The molecule has 2 rings (SSSR count). The highest BCUT2D eigenvalue weighted by molar-refractivity contribution is 5.96. The number of carbonyl (C=O) groups excluding carboxylic acids is 1. The predicted octanol–water partition coefficient (Wildman–Crippen LogP) is 2.81. The number of hydrogen-bond donors (Lipinski definition) is 1. The first kappa shape index (κ1) is 18.1. The number of aliphatic carboxylic acids is 1. The van der Waals surface area contributed by atoms with Crippen molar-refractivity contribution in [2.75, 3.05) is 20.3 Å². The third-order valence-corrected chi connectivity index (χ3v) is 3.92. The maximum atomic E-state index is 12.6. The van der Waals surface area contributed by atoms with Crippen LogP contribution in [-0.2, 0) is 4.79 Å². The highest BCUT2D eigenvalue weighted by Crippen LogP contribution is 2.32. The zero-order chi connectivity index (χ0) is 17.7. The minimum Gasteiger partial charge on any atom is -0.493 e. The van der Waals surface area contributed by atoms with Crippen LogP contribution < -0.4 is 9.47 Å². The fraction of sp³-hybridized carbons (Fsp3) is 0.556. The van der Waals surface area contributed by atoms with Gasteiger partial charge < -0.3 is 19.5 Å². The van der Waals surface area contributed by atoms with Gasteiger partial charge >= 0.3 is 5.97 Å². The molecule has 1 saturated carbocycles. The molecule has 1 amide bonds. The molecule has 132 valence electrons. The monoisotopic (exact) mass is 335 g/mol. The Hall–Kier alpha value is -2.24. The minimum absolute atomic E-state index is 0.0292. The number of carboxylic acid groups (broad SMARTS) is 1. The lowest BCUT2D eigenvalue weighted by Gasteiger charge is -2.21. The van der Waals surface area contributed by atoms with Gasteiger partial charge in [-0.15, -0.1) is 0 Å². The molecule has 1 aromatic rings. The van der Waals surface area contributed by atoms with E-state index in [1.165, 1.54) is 12.0 Å². The molecule has 1 aliphatic carbocycles. The van der Waals surface area contributed by atoms with Crippen molar-refractivity contribution in [2.45, 2.75) is 39.2 Å². The highest BCUT2D eigenvalue weighted by Gasteiger charge is 2.34. The number of carbonyl (C=O) groups is 2. The fourth-order valence-electron chi connectivity index (χ4n) is 2.39. The smallest absolute Gasteiger partial charge is 0.323 e. The van der Waals surface area contributed by atoms with Gasteiger partial charge in [0.2, 0.25) is 0 Å². The van der Waals surface area contributed by atoms with Crippen molar-refractivity contribution in [3.8, 4) is 11.5 Å². The maximum absolute atomic E-state index is 12.6. The summed E-state index contributed by atoms with van der Waals surface area (Å²) in [7, 11) is 1.52. The van der Waals surface area contributed by atoms with E-state index < -0.39 is 5.97 Å². The Morgan fingerprint density at radius 1 is 1.29 bits per heavy atom. The summed E-state index contributed by atoms with van der Waals surface area (Å²) < 4.78 is 11.0. The van der Waals surface area contributed by atoms with Crippen molar-refractivity contribution in [3.63, 3.8) is 0 Å². The maximum Gasteiger partial charge on any atom is 0.323 e. The molecule has 6 nitrogen and oxygen atoms in total. The van der Waals surface area contributed by atoms with Gasteiger partial charge in [0.15, 0.2) is 11.5 Å². The van der Waals surface area contributed by atoms with E-state index in [4.69, 9.17) is 14.6 Å². The Bertz CT molecular complexity index is 595. The van der Waals surface area contributed by atoms with Gasteiger partial charge in [-0.3, -0.25) is 9.59 Å². The summed E-state index contributed by atoms with van der Waals surface area (Å²) in [6.45, 7) is 4.54. The van der Waals surface area contributed by atoms with Gasteiger partial charge in [-0.1, -0.05) is 13.8 Å². The zero-order valence-electron chi connectivity index (χ0n) is 14.4. The third-order valence-electron chi connectivity index (χ3n) is 3.92. The highest BCUT2D eigenvalue weighted by atomic mass is 16.5. The fourth-order valence-corrected chi connectivity index (χ4v) is 2.39. The van der Waals surface area contributed by atoms with Crippen molar-refractivity contribution in [1.82, 2.24) is 4.90 Å². The molecule has 0 unspecified atom stereocenters. The van der Waals surface area contributed by atoms with Gasteiger partial charge in [-0.05, 0) is 43.4 Å². The van der Waals surface area contributed by atoms with Crippen LogP contribution in [0.5, 0.6) is 11.5 Å². The SMILES string of the molecule is COc1cc(C(=O)N(CC(=O)O)C2CC2)ccc1OCCC(C)C. The Morgan fingerprint density at radius 3 is 2.54 bits per heavy atom. The topological polar surface area (TPSA) is 76.1 Å². The van der Waals surface area contributed by atoms with Crippen molar-refractivity contribution in [1.29, 1.82) is 0 Å². The Kier molecular flexibility index (Phi) is 6.06. The van der Waals surface area contributed by atoms with Gasteiger partial charge in [0.1, 0.15) is 6.54 Å². The quantitative estimate of drug-likeness (QED) is 0.751. The lowest BCUT2D eigenvalue weighted by Crippen LogP contribution is -2.37. The molecule has 24 heavy (non-hydrogen) atoms. The number of hydrogen-bond acceptors (Lipinski definition) is 4. The first-order chi connectivity index (χ1) is 11.4. The third kappa shape index (κ3) is 4.88. The van der Waals surface area contributed by atoms with E-state index in [0.29, 0.717) is 29.6 Å². The van der Waals surface area contributed by atoms with E-state index in [1.807, 2.05) is 0 Å². The molecule has 6 heteroatoms. The van der Waals surface area contributed by atoms with E-state index in [0.717, 1.165) is 19.3 Å². The summed E-state index contributed by atoms with van der Waals surface area (Å²) in [6.07, 6.45) is 2.64. The Morgan fingerprint density at radius 2 is 2.00 bits per heavy atom. The molecule has 1 fully saturated rings. The molecule has 0 atom stereocenters. The average Bonchev–Trinajstić information content (AvgIpc) is 3.36. The lowest BCUT2D eigenvalue weighted by atomic mass is 10.1. The second-order valence-corrected chi connectivity index (χ2v) is 6.45. The molecule has 1 aliphatic rings. The largest absolute Gasteiger partial charge is 0.493 e. The molecule has 0 saturated heterocycles. The molecular weight excluding hydrogens is 310 g/mol. The number of methoxy groups -OCH3 is 1. The van der Waals surface area contributed by atoms with Crippen LogP contribution in [0.4, 0.5) is 0 Å². The minimum atomic E-state index is -1.00. The zero-order valence-corrected chi connectivity index (χ0v) is 14.4. The first-order valence-electron chi connectivity index (χ1n) is 8.26. The lowest BCUT2D eigenvalue weighted by molar-refractivity contribution is -0.137. The number of carboxylic acids is 1. The van der Waals surface area contributed by atoms with E-state index in [2.05, 4.69) is 13.8 Å². The van der Waals surface area contributed by atoms with E-state index >= 15 is 0 Å². The van der Waals surface area contributed by atoms with Crippen LogP contribution in [0.3, 0.4) is 0 Å². The van der Waals surface area contributed by atoms with Crippen LogP contribution in [0, 0.1) is 5.92 Å². The average molecular weight is 335 g/mol. The van der Waals surface area contributed by atoms with Crippen LogP contribution in [0.25, 0.3) is 0 Å². The van der Waals surface area contributed by atoms with Crippen molar-refractivity contribution >= 4 is 11.9 Å². The molecule has 0 aliphatic heterocycles. The predicted molar refractivity (Wildman–Crippen MR) is 89.6 cm³/mol. The molecule has 1 aromatic carbocycles. The van der Waals surface area contributed by atoms with E-state index in [1.54, 1.807) is 18.2 Å². The number of benzene rings is 1. The van der Waals surface area contributed by atoms with Crippen LogP contribution in [-0.4, -0.2) is 48.2 Å². The summed E-state index contributed by atoms with van der Waals surface area (Å²) in [4.78, 5) is 25.0. The molecule has 0 spiro atoms. The Balaban J connectivity index is 2.12. The molecule has 0 heterocycles. The first-order valence-corrected chi connectivity index (χ1v) is 8.26. The van der Waals surface area contributed by atoms with Crippen LogP contribution in [0.1, 0.15) is 43.5 Å². The van der Waals surface area contributed by atoms with Crippen molar-refractivity contribution in [2.24, 2.45) is 5.92 Å². The van der Waals surface area contributed by atoms with Crippen LogP contribution in [0.15, 0.2) is 18.2 Å². The molecule has 0 radical (unpaired) electrons. The standard InChI is InChI=1S/C18H25NO5/c1-12(2)8-9-24-15-7-4-13(10-16(15)23-3)18(22)19(11-17(20)21)14-5-6-14/h4,7,10,12,14H,5-6,8-9,11H2,1-3H3,(H,20,21). The molecule has 0 aromatic heterocycles. The summed E-state index contributed by atoms with van der Waals surface area (Å²) in [6, 6.07) is 5.01. The van der Waals surface area contributed by atoms with Crippen molar-refractivity contribution < 1.29 is 24.2 Å². The van der Waals surface area contributed by atoms with Gasteiger partial charge in [0, 0.05) is 11.6 Å². The van der Waals surface area contributed by atoms with Gasteiger partial charge in [0.05, 0.1) is 13.7 Å². The summed E-state index contributed by atoms with van der Waals surface area (Å²) >= 11 is 0. The van der Waals surface area contributed by atoms with Gasteiger partial charge in [-0.25, -0.2) is 0 Å². The molecule has 1 N–H and O–H groups in total. The molecule has 0 bridgehead atoms. The van der Waals surface area contributed by atoms with Crippen molar-refractivity contribution in [3.05, 3.63) is 23.8 Å². The number of nitrogens with zero attached hydrogens (tertiary/aromatic N) is 1. The summed E-state index contributed by atoms with van der Waals surface area (Å²) in [5.41, 5.74) is 0.413. The number of rotatable bonds is 9. The van der Waals surface area contributed by atoms with Crippen LogP contribution in [0.2, 0.25) is 0 Å². The summed E-state index contributed by atoms with van der Waals surface area (Å²) in [5, 5.41) is 9.00. The Labute approximate surface area is 142 Å². The second-order valence-electron chi connectivity index (χ2n) is 6.45. The summed E-state index contributed by atoms with van der Waals surface area (Å²) in [5.74, 6) is 0.323. The normalized spacial score (nSPS) is 13.7. The molecular formula is C18H25NO5. The van der Waals surface area contributed by atoms with Gasteiger partial charge in [0.25, 0.3) is 5.91 Å².